The van der Waals surface area contributed by atoms with Gasteiger partial charge < -0.3 is 20.3 Å². The molecule has 2 aromatic carbocycles. The van der Waals surface area contributed by atoms with Gasteiger partial charge in [-0.3, -0.25) is 14.2 Å². The average Bonchev–Trinajstić information content (AvgIpc) is 2.85. The number of ether oxygens (including phenoxy) is 1. The van der Waals surface area contributed by atoms with Gasteiger partial charge in [-0.1, -0.05) is 6.08 Å². The summed E-state index contributed by atoms with van der Waals surface area (Å²) < 4.78 is 6.63. The molecule has 0 bridgehead atoms. The van der Waals surface area contributed by atoms with E-state index in [1.54, 1.807) is 43.6 Å². The number of aromatic nitrogens is 4. The molecule has 2 heterocycles. The second-order valence-corrected chi connectivity index (χ2v) is 7.89. The Hall–Kier alpha value is -4.57. The number of anilines is 3. The SMILES string of the molecule is COc1ccc(Nc2ncc3ncc(=O)n(-c4ccc(NC(=O)C=CCN(C)C)cc4)c3n2)cc1. The maximum absolute atomic E-state index is 12.7. The summed E-state index contributed by atoms with van der Waals surface area (Å²) >= 11 is 0. The van der Waals surface area contributed by atoms with Gasteiger partial charge in [0.15, 0.2) is 5.65 Å². The van der Waals surface area contributed by atoms with Crippen LogP contribution in [0.15, 0.2) is 77.9 Å². The van der Waals surface area contributed by atoms with Crippen molar-refractivity contribution >= 4 is 34.4 Å². The molecule has 0 aliphatic carbocycles. The lowest BCUT2D eigenvalue weighted by Gasteiger charge is -2.11. The first-order valence-corrected chi connectivity index (χ1v) is 10.8. The molecule has 0 radical (unpaired) electrons. The molecule has 0 atom stereocenters. The van der Waals surface area contributed by atoms with Crippen LogP contribution in [-0.4, -0.2) is 58.1 Å². The summed E-state index contributed by atoms with van der Waals surface area (Å²) in [6.45, 7) is 0.668. The molecule has 4 aromatic rings. The molecular formula is C25H25N7O3. The van der Waals surface area contributed by atoms with E-state index in [4.69, 9.17) is 4.74 Å². The van der Waals surface area contributed by atoms with E-state index < -0.39 is 0 Å². The molecule has 178 valence electrons. The first-order valence-electron chi connectivity index (χ1n) is 10.8. The van der Waals surface area contributed by atoms with E-state index in [1.807, 2.05) is 43.3 Å². The van der Waals surface area contributed by atoms with Crippen LogP contribution in [0.5, 0.6) is 5.75 Å². The topological polar surface area (TPSA) is 114 Å². The fourth-order valence-electron chi connectivity index (χ4n) is 3.27. The Morgan fingerprint density at radius 3 is 2.43 bits per heavy atom. The Bertz CT molecular complexity index is 1410. The van der Waals surface area contributed by atoms with Gasteiger partial charge in [0, 0.05) is 24.0 Å². The number of carbonyl (C=O) groups excluding carboxylic acids is 1. The van der Waals surface area contributed by atoms with Crippen molar-refractivity contribution in [3.8, 4) is 11.4 Å². The maximum Gasteiger partial charge on any atom is 0.275 e. The van der Waals surface area contributed by atoms with Gasteiger partial charge in [-0.25, -0.2) is 9.97 Å². The Morgan fingerprint density at radius 1 is 1.03 bits per heavy atom. The molecule has 0 saturated carbocycles. The van der Waals surface area contributed by atoms with Gasteiger partial charge in [0.25, 0.3) is 5.56 Å². The van der Waals surface area contributed by atoms with Crippen molar-refractivity contribution in [2.45, 2.75) is 0 Å². The zero-order valence-electron chi connectivity index (χ0n) is 19.6. The molecule has 10 heteroatoms. The third-order valence-electron chi connectivity index (χ3n) is 4.98. The van der Waals surface area contributed by atoms with Crippen molar-refractivity contribution in [3.63, 3.8) is 0 Å². The van der Waals surface area contributed by atoms with Crippen LogP contribution in [0.3, 0.4) is 0 Å². The highest BCUT2D eigenvalue weighted by Crippen LogP contribution is 2.20. The summed E-state index contributed by atoms with van der Waals surface area (Å²) in [7, 11) is 5.45. The van der Waals surface area contributed by atoms with E-state index in [0.29, 0.717) is 35.0 Å². The molecule has 0 spiro atoms. The molecule has 35 heavy (non-hydrogen) atoms. The van der Waals surface area contributed by atoms with Crippen molar-refractivity contribution in [2.75, 3.05) is 38.4 Å². The van der Waals surface area contributed by atoms with E-state index >= 15 is 0 Å². The minimum Gasteiger partial charge on any atom is -0.497 e. The Balaban J connectivity index is 1.59. The lowest BCUT2D eigenvalue weighted by Crippen LogP contribution is -2.20. The highest BCUT2D eigenvalue weighted by Gasteiger charge is 2.11. The number of likely N-dealkylation sites (N-methyl/N-ethyl adjacent to an activating group) is 1. The fraction of sp³-hybridized carbons (Fsp3) is 0.160. The molecule has 0 saturated heterocycles. The van der Waals surface area contributed by atoms with Gasteiger partial charge in [-0.05, 0) is 62.6 Å². The molecule has 1 amide bonds. The molecule has 0 aliphatic heterocycles. The largest absolute Gasteiger partial charge is 0.497 e. The minimum absolute atomic E-state index is 0.229. The monoisotopic (exact) mass is 471 g/mol. The Morgan fingerprint density at radius 2 is 1.74 bits per heavy atom. The fourth-order valence-corrected chi connectivity index (χ4v) is 3.27. The van der Waals surface area contributed by atoms with E-state index in [0.717, 1.165) is 11.4 Å². The van der Waals surface area contributed by atoms with Crippen molar-refractivity contribution in [2.24, 2.45) is 0 Å². The standard InChI is InChI=1S/C25H25N7O3/c1-31(2)14-4-5-22(33)28-17-6-10-19(11-7-17)32-23(34)16-26-21-15-27-25(30-24(21)32)29-18-8-12-20(35-3)13-9-18/h4-13,15-16H,14H2,1-3H3,(H,28,33)(H,27,29,30). The number of nitrogens with one attached hydrogen (secondary N) is 2. The van der Waals surface area contributed by atoms with Gasteiger partial charge in [0.05, 0.1) is 25.2 Å². The van der Waals surface area contributed by atoms with E-state index in [1.165, 1.54) is 16.8 Å². The number of fused-ring (bicyclic) bond motifs is 1. The van der Waals surface area contributed by atoms with Crippen molar-refractivity contribution in [3.05, 3.63) is 83.4 Å². The number of nitrogens with zero attached hydrogens (tertiary/aromatic N) is 5. The van der Waals surface area contributed by atoms with E-state index in [9.17, 15) is 9.59 Å². The normalized spacial score (nSPS) is 11.2. The number of rotatable bonds is 8. The zero-order chi connectivity index (χ0) is 24.8. The zero-order valence-corrected chi connectivity index (χ0v) is 19.6. The van der Waals surface area contributed by atoms with Crippen LogP contribution in [-0.2, 0) is 4.79 Å². The summed E-state index contributed by atoms with van der Waals surface area (Å²) in [6.07, 6.45) is 6.05. The van der Waals surface area contributed by atoms with Crippen molar-refractivity contribution < 1.29 is 9.53 Å². The smallest absolute Gasteiger partial charge is 0.275 e. The summed E-state index contributed by atoms with van der Waals surface area (Å²) in [5, 5.41) is 5.92. The third-order valence-corrected chi connectivity index (χ3v) is 4.98. The molecule has 4 rings (SSSR count). The summed E-state index contributed by atoms with van der Waals surface area (Å²) in [5.74, 6) is 0.822. The van der Waals surface area contributed by atoms with E-state index in [2.05, 4.69) is 25.6 Å². The first-order chi connectivity index (χ1) is 16.9. The summed E-state index contributed by atoms with van der Waals surface area (Å²) in [6, 6.07) is 14.2. The Labute approximate surface area is 201 Å². The van der Waals surface area contributed by atoms with Crippen LogP contribution in [0.1, 0.15) is 0 Å². The molecule has 2 N–H and O–H groups in total. The predicted molar refractivity (Wildman–Crippen MR) is 136 cm³/mol. The lowest BCUT2D eigenvalue weighted by molar-refractivity contribution is -0.111. The lowest BCUT2D eigenvalue weighted by atomic mass is 10.2. The van der Waals surface area contributed by atoms with Gasteiger partial charge in [0.2, 0.25) is 11.9 Å². The average molecular weight is 472 g/mol. The minimum atomic E-state index is -0.338. The van der Waals surface area contributed by atoms with Gasteiger partial charge in [-0.2, -0.15) is 4.98 Å². The quantitative estimate of drug-likeness (QED) is 0.377. The molecule has 0 fully saturated rings. The number of carbonyl (C=O) groups is 1. The van der Waals surface area contributed by atoms with Crippen LogP contribution in [0.4, 0.5) is 17.3 Å². The highest BCUT2D eigenvalue weighted by molar-refractivity contribution is 5.99. The summed E-state index contributed by atoms with van der Waals surface area (Å²) in [5.41, 5.74) is 2.44. The number of hydrogen-bond donors (Lipinski definition) is 2. The van der Waals surface area contributed by atoms with Crippen LogP contribution < -0.4 is 20.9 Å². The third kappa shape index (κ3) is 5.87. The van der Waals surface area contributed by atoms with Gasteiger partial charge in [-0.15, -0.1) is 0 Å². The molecular weight excluding hydrogens is 446 g/mol. The second kappa shape index (κ2) is 10.6. The molecule has 0 aliphatic rings. The molecule has 2 aromatic heterocycles. The van der Waals surface area contributed by atoms with Crippen LogP contribution in [0, 0.1) is 0 Å². The second-order valence-electron chi connectivity index (χ2n) is 7.89. The van der Waals surface area contributed by atoms with Crippen LogP contribution in [0.25, 0.3) is 16.9 Å². The van der Waals surface area contributed by atoms with Crippen molar-refractivity contribution in [1.29, 1.82) is 0 Å². The number of amides is 1. The number of benzene rings is 2. The first kappa shape index (κ1) is 23.6. The van der Waals surface area contributed by atoms with E-state index in [-0.39, 0.29) is 11.5 Å². The predicted octanol–water partition coefficient (Wildman–Crippen LogP) is 2.98. The molecule has 0 unspecified atom stereocenters. The number of methoxy groups -OCH3 is 1. The van der Waals surface area contributed by atoms with Gasteiger partial charge >= 0.3 is 0 Å². The van der Waals surface area contributed by atoms with Crippen LogP contribution >= 0.6 is 0 Å². The number of hydrogen-bond acceptors (Lipinski definition) is 8. The summed E-state index contributed by atoms with van der Waals surface area (Å²) in [4.78, 5) is 39.8. The maximum atomic E-state index is 12.7. The molecule has 10 nitrogen and oxygen atoms in total. The van der Waals surface area contributed by atoms with Crippen LogP contribution in [0.2, 0.25) is 0 Å². The van der Waals surface area contributed by atoms with Gasteiger partial charge in [0.1, 0.15) is 11.3 Å². The highest BCUT2D eigenvalue weighted by atomic mass is 16.5. The van der Waals surface area contributed by atoms with Crippen molar-refractivity contribution in [1.82, 2.24) is 24.4 Å². The Kier molecular flexibility index (Phi) is 7.12.